The number of carbonyl (C=O) groups is 1. The number of carbonyl (C=O) groups excluding carboxylic acids is 1. The third-order valence-electron chi connectivity index (χ3n) is 5.11. The van der Waals surface area contributed by atoms with Crippen LogP contribution in [-0.4, -0.2) is 61.5 Å². The molecular weight excluding hydrogens is 407 g/mol. The average molecular weight is 440 g/mol. The molecular formula is C19H33Cl3N4O. The predicted octanol–water partition coefficient (Wildman–Crippen LogP) is 2.46. The number of hydrogen-bond donors (Lipinski definition) is 2. The van der Waals surface area contributed by atoms with E-state index in [4.69, 9.17) is 0 Å². The van der Waals surface area contributed by atoms with E-state index < -0.39 is 0 Å². The summed E-state index contributed by atoms with van der Waals surface area (Å²) in [6.45, 7) is 7.29. The molecule has 0 spiro atoms. The molecule has 0 aliphatic carbocycles. The molecule has 2 saturated heterocycles. The van der Waals surface area contributed by atoms with Crippen molar-refractivity contribution in [1.29, 1.82) is 0 Å². The van der Waals surface area contributed by atoms with Crippen LogP contribution in [0.4, 0.5) is 0 Å². The predicted molar refractivity (Wildman–Crippen MR) is 118 cm³/mol. The van der Waals surface area contributed by atoms with Gasteiger partial charge in [0.1, 0.15) is 0 Å². The number of piperazine rings is 1. The van der Waals surface area contributed by atoms with Crippen LogP contribution in [0.3, 0.4) is 0 Å². The first kappa shape index (κ1) is 26.4. The Morgan fingerprint density at radius 3 is 2.30 bits per heavy atom. The van der Waals surface area contributed by atoms with E-state index in [0.29, 0.717) is 19.0 Å². The summed E-state index contributed by atoms with van der Waals surface area (Å²) in [5.74, 6) is 0.149. The second-order valence-electron chi connectivity index (χ2n) is 7.17. The molecule has 0 radical (unpaired) electrons. The lowest BCUT2D eigenvalue weighted by Crippen LogP contribution is -2.43. The first-order valence-corrected chi connectivity index (χ1v) is 9.18. The number of likely N-dealkylation sites (N-methyl/N-ethyl adjacent to an activating group) is 1. The molecule has 27 heavy (non-hydrogen) atoms. The monoisotopic (exact) mass is 438 g/mol. The van der Waals surface area contributed by atoms with Crippen molar-refractivity contribution in [2.24, 2.45) is 0 Å². The number of nitrogens with one attached hydrogen (secondary N) is 2. The summed E-state index contributed by atoms with van der Waals surface area (Å²) >= 11 is 0. The largest absolute Gasteiger partial charge is 0.352 e. The fourth-order valence-corrected chi connectivity index (χ4v) is 3.45. The molecule has 2 N–H and O–H groups in total. The van der Waals surface area contributed by atoms with Gasteiger partial charge in [0.15, 0.2) is 0 Å². The van der Waals surface area contributed by atoms with Crippen molar-refractivity contribution in [2.75, 3.05) is 39.8 Å². The van der Waals surface area contributed by atoms with Gasteiger partial charge < -0.3 is 15.5 Å². The summed E-state index contributed by atoms with van der Waals surface area (Å²) in [5.41, 5.74) is 2.52. The first-order valence-electron chi connectivity index (χ1n) is 9.18. The smallest absolute Gasteiger partial charge is 0.221 e. The van der Waals surface area contributed by atoms with Crippen molar-refractivity contribution in [1.82, 2.24) is 20.4 Å². The van der Waals surface area contributed by atoms with Gasteiger partial charge in [0, 0.05) is 51.7 Å². The summed E-state index contributed by atoms with van der Waals surface area (Å²) in [6, 6.07) is 9.03. The minimum Gasteiger partial charge on any atom is -0.352 e. The number of amides is 1. The van der Waals surface area contributed by atoms with Crippen LogP contribution >= 0.6 is 37.2 Å². The fraction of sp³-hybridized carbons (Fsp3) is 0.632. The number of halogens is 3. The van der Waals surface area contributed by atoms with Crippen LogP contribution in [0.25, 0.3) is 0 Å². The maximum Gasteiger partial charge on any atom is 0.221 e. The van der Waals surface area contributed by atoms with E-state index in [1.165, 1.54) is 17.5 Å². The quantitative estimate of drug-likeness (QED) is 0.715. The van der Waals surface area contributed by atoms with Crippen LogP contribution in [0, 0.1) is 0 Å². The van der Waals surface area contributed by atoms with E-state index >= 15 is 0 Å². The van der Waals surface area contributed by atoms with Gasteiger partial charge >= 0.3 is 0 Å². The van der Waals surface area contributed by atoms with Gasteiger partial charge in [-0.2, -0.15) is 0 Å². The number of hydrogen-bond acceptors (Lipinski definition) is 4. The lowest BCUT2D eigenvalue weighted by atomic mass is 10.1. The Labute approximate surface area is 181 Å². The zero-order valence-electron chi connectivity index (χ0n) is 16.0. The van der Waals surface area contributed by atoms with Gasteiger partial charge in [-0.1, -0.05) is 24.3 Å². The van der Waals surface area contributed by atoms with Crippen LogP contribution in [-0.2, 0) is 17.9 Å². The van der Waals surface area contributed by atoms with E-state index in [0.717, 1.165) is 45.7 Å². The molecule has 1 unspecified atom stereocenters. The Hall–Kier alpha value is -0.560. The van der Waals surface area contributed by atoms with Crippen LogP contribution in [0.2, 0.25) is 0 Å². The van der Waals surface area contributed by atoms with Gasteiger partial charge in [0.05, 0.1) is 0 Å². The van der Waals surface area contributed by atoms with Crippen molar-refractivity contribution in [3.63, 3.8) is 0 Å². The highest BCUT2D eigenvalue weighted by Crippen LogP contribution is 2.11. The lowest BCUT2D eigenvalue weighted by molar-refractivity contribution is -0.121. The number of rotatable bonds is 6. The SMILES string of the molecule is CN1CCN(Cc2ccc(CNC(=O)CC3CCCN3)cc2)CC1.Cl.Cl.Cl. The Bertz CT molecular complexity index is 530. The van der Waals surface area contributed by atoms with Gasteiger partial charge in [0.2, 0.25) is 5.91 Å². The molecule has 8 heteroatoms. The third-order valence-corrected chi connectivity index (χ3v) is 5.11. The molecule has 0 saturated carbocycles. The second kappa shape index (κ2) is 13.6. The minimum atomic E-state index is 0. The third kappa shape index (κ3) is 8.99. The molecule has 0 aromatic heterocycles. The molecule has 0 bridgehead atoms. The molecule has 1 amide bonds. The molecule has 1 aromatic carbocycles. The number of benzene rings is 1. The van der Waals surface area contributed by atoms with Gasteiger partial charge in [-0.15, -0.1) is 37.2 Å². The summed E-state index contributed by atoms with van der Waals surface area (Å²) in [5, 5.41) is 6.40. The van der Waals surface area contributed by atoms with Gasteiger partial charge in [-0.3, -0.25) is 9.69 Å². The Morgan fingerprint density at radius 1 is 1.07 bits per heavy atom. The Balaban J connectivity index is 0.00000225. The summed E-state index contributed by atoms with van der Waals surface area (Å²) < 4.78 is 0. The molecule has 2 aliphatic heterocycles. The van der Waals surface area contributed by atoms with Crippen molar-refractivity contribution >= 4 is 43.1 Å². The van der Waals surface area contributed by atoms with Gasteiger partial charge in [-0.05, 0) is 37.6 Å². The maximum absolute atomic E-state index is 12.0. The zero-order chi connectivity index (χ0) is 16.8. The molecule has 1 aromatic rings. The highest BCUT2D eigenvalue weighted by Gasteiger charge is 2.17. The first-order chi connectivity index (χ1) is 11.7. The molecule has 2 heterocycles. The minimum absolute atomic E-state index is 0. The standard InChI is InChI=1S/C19H30N4O.3ClH/c1-22-9-11-23(12-10-22)15-17-6-4-16(5-7-17)14-21-19(24)13-18-3-2-8-20-18;;;/h4-7,18,20H,2-3,8-15H2,1H3,(H,21,24);3*1H. The van der Waals surface area contributed by atoms with E-state index in [2.05, 4.69) is 51.7 Å². The molecule has 2 fully saturated rings. The summed E-state index contributed by atoms with van der Waals surface area (Å²) in [4.78, 5) is 16.9. The van der Waals surface area contributed by atoms with Crippen LogP contribution < -0.4 is 10.6 Å². The molecule has 5 nitrogen and oxygen atoms in total. The van der Waals surface area contributed by atoms with E-state index in [9.17, 15) is 4.79 Å². The van der Waals surface area contributed by atoms with E-state index in [1.807, 2.05) is 0 Å². The van der Waals surface area contributed by atoms with E-state index in [1.54, 1.807) is 0 Å². The van der Waals surface area contributed by atoms with Crippen LogP contribution in [0.1, 0.15) is 30.4 Å². The second-order valence-corrected chi connectivity index (χ2v) is 7.17. The molecule has 156 valence electrons. The topological polar surface area (TPSA) is 47.6 Å². The molecule has 3 rings (SSSR count). The highest BCUT2D eigenvalue weighted by atomic mass is 35.5. The normalized spacial score (nSPS) is 20.1. The van der Waals surface area contributed by atoms with Crippen molar-refractivity contribution in [2.45, 2.75) is 38.4 Å². The van der Waals surface area contributed by atoms with Crippen LogP contribution in [0.5, 0.6) is 0 Å². The highest BCUT2D eigenvalue weighted by molar-refractivity contribution is 5.86. The molecule has 1 atom stereocenters. The fourth-order valence-electron chi connectivity index (χ4n) is 3.45. The van der Waals surface area contributed by atoms with E-state index in [-0.39, 0.29) is 43.1 Å². The van der Waals surface area contributed by atoms with Crippen molar-refractivity contribution in [3.05, 3.63) is 35.4 Å². The van der Waals surface area contributed by atoms with Crippen LogP contribution in [0.15, 0.2) is 24.3 Å². The van der Waals surface area contributed by atoms with Gasteiger partial charge in [0.25, 0.3) is 0 Å². The van der Waals surface area contributed by atoms with Crippen molar-refractivity contribution in [3.8, 4) is 0 Å². The zero-order valence-corrected chi connectivity index (χ0v) is 18.4. The Kier molecular flexibility index (Phi) is 13.3. The average Bonchev–Trinajstić information content (AvgIpc) is 3.09. The van der Waals surface area contributed by atoms with Gasteiger partial charge in [-0.25, -0.2) is 0 Å². The summed E-state index contributed by atoms with van der Waals surface area (Å²) in [6.07, 6.45) is 2.91. The van der Waals surface area contributed by atoms with Crippen molar-refractivity contribution < 1.29 is 4.79 Å². The molecule has 2 aliphatic rings. The Morgan fingerprint density at radius 2 is 1.70 bits per heavy atom. The lowest BCUT2D eigenvalue weighted by Gasteiger charge is -2.32. The number of nitrogens with zero attached hydrogens (tertiary/aromatic N) is 2. The maximum atomic E-state index is 12.0. The summed E-state index contributed by atoms with van der Waals surface area (Å²) in [7, 11) is 2.18.